The second-order valence-corrected chi connectivity index (χ2v) is 5.70. The number of carbonyl (C=O) groups is 3. The van der Waals surface area contributed by atoms with E-state index in [1.54, 1.807) is 48.5 Å². The van der Waals surface area contributed by atoms with Gasteiger partial charge in [0.15, 0.2) is 5.78 Å². The first-order valence-electron chi connectivity index (χ1n) is 7.36. The van der Waals surface area contributed by atoms with Crippen molar-refractivity contribution in [2.75, 3.05) is 5.32 Å². The molecule has 0 aliphatic carbocycles. The van der Waals surface area contributed by atoms with Crippen LogP contribution in [-0.2, 0) is 16.1 Å². The number of anilines is 1. The van der Waals surface area contributed by atoms with E-state index in [1.807, 2.05) is 0 Å². The van der Waals surface area contributed by atoms with E-state index in [9.17, 15) is 14.4 Å². The predicted molar refractivity (Wildman–Crippen MR) is 93.0 cm³/mol. The summed E-state index contributed by atoms with van der Waals surface area (Å²) in [5.74, 6) is -0.915. The molecule has 0 saturated carbocycles. The fourth-order valence-corrected chi connectivity index (χ4v) is 2.16. The number of hydrogen-bond acceptors (Lipinski definition) is 3. The van der Waals surface area contributed by atoms with Gasteiger partial charge < -0.3 is 10.6 Å². The van der Waals surface area contributed by atoms with E-state index >= 15 is 0 Å². The minimum Gasteiger partial charge on any atom is -0.352 e. The lowest BCUT2D eigenvalue weighted by Gasteiger charge is -2.07. The number of rotatable bonds is 6. The molecular weight excluding hydrogens is 328 g/mol. The highest BCUT2D eigenvalue weighted by molar-refractivity contribution is 6.30. The molecule has 0 aliphatic rings. The zero-order chi connectivity index (χ0) is 17.5. The Balaban J connectivity index is 1.83. The highest BCUT2D eigenvalue weighted by Crippen LogP contribution is 2.12. The van der Waals surface area contributed by atoms with Crippen molar-refractivity contribution in [3.05, 3.63) is 64.7 Å². The standard InChI is InChI=1S/C18H17ClN2O3/c1-12(22)14-3-2-4-16(9-14)21-18(24)10-17(23)20-11-13-5-7-15(19)8-6-13/h2-9H,10-11H2,1H3,(H,20,23)(H,21,24). The van der Waals surface area contributed by atoms with E-state index in [-0.39, 0.29) is 18.1 Å². The van der Waals surface area contributed by atoms with Crippen LogP contribution in [0.2, 0.25) is 5.02 Å². The molecule has 0 aromatic heterocycles. The third kappa shape index (κ3) is 5.52. The average Bonchev–Trinajstić information content (AvgIpc) is 2.54. The summed E-state index contributed by atoms with van der Waals surface area (Å²) in [5, 5.41) is 5.89. The SMILES string of the molecule is CC(=O)c1cccc(NC(=O)CC(=O)NCc2ccc(Cl)cc2)c1. The summed E-state index contributed by atoms with van der Waals surface area (Å²) in [5.41, 5.74) is 1.88. The van der Waals surface area contributed by atoms with Gasteiger partial charge in [-0.15, -0.1) is 0 Å². The first kappa shape index (κ1) is 17.7. The first-order valence-corrected chi connectivity index (χ1v) is 7.74. The van der Waals surface area contributed by atoms with Crippen LogP contribution in [0.3, 0.4) is 0 Å². The number of hydrogen-bond donors (Lipinski definition) is 2. The summed E-state index contributed by atoms with van der Waals surface area (Å²) >= 11 is 5.79. The number of benzene rings is 2. The van der Waals surface area contributed by atoms with E-state index in [4.69, 9.17) is 11.6 Å². The number of amides is 2. The average molecular weight is 345 g/mol. The maximum absolute atomic E-state index is 11.9. The van der Waals surface area contributed by atoms with Crippen LogP contribution in [-0.4, -0.2) is 17.6 Å². The minimum absolute atomic E-state index is 0.0909. The molecule has 0 aliphatic heterocycles. The van der Waals surface area contributed by atoms with Gasteiger partial charge in [0.2, 0.25) is 11.8 Å². The molecule has 6 heteroatoms. The molecule has 5 nitrogen and oxygen atoms in total. The molecule has 0 radical (unpaired) electrons. The van der Waals surface area contributed by atoms with Crippen molar-refractivity contribution in [2.45, 2.75) is 19.9 Å². The van der Waals surface area contributed by atoms with E-state index in [0.717, 1.165) is 5.56 Å². The van der Waals surface area contributed by atoms with Crippen LogP contribution < -0.4 is 10.6 Å². The van der Waals surface area contributed by atoms with Gasteiger partial charge in [-0.05, 0) is 36.8 Å². The Kier molecular flexibility index (Phi) is 6.09. The van der Waals surface area contributed by atoms with E-state index in [0.29, 0.717) is 22.8 Å². The Morgan fingerprint density at radius 3 is 2.38 bits per heavy atom. The molecule has 0 unspecified atom stereocenters. The second kappa shape index (κ2) is 8.26. The largest absolute Gasteiger partial charge is 0.352 e. The van der Waals surface area contributed by atoms with Crippen molar-refractivity contribution in [2.24, 2.45) is 0 Å². The number of carbonyl (C=O) groups excluding carboxylic acids is 3. The Labute approximate surface area is 145 Å². The number of nitrogens with one attached hydrogen (secondary N) is 2. The first-order chi connectivity index (χ1) is 11.4. The molecule has 2 aromatic rings. The third-order valence-corrected chi connectivity index (χ3v) is 3.53. The van der Waals surface area contributed by atoms with E-state index in [1.165, 1.54) is 6.92 Å². The molecule has 2 amide bonds. The molecule has 0 fully saturated rings. The van der Waals surface area contributed by atoms with Crippen molar-refractivity contribution < 1.29 is 14.4 Å². The Bertz CT molecular complexity index is 757. The van der Waals surface area contributed by atoms with Gasteiger partial charge in [-0.3, -0.25) is 14.4 Å². The van der Waals surface area contributed by atoms with Gasteiger partial charge in [-0.1, -0.05) is 35.9 Å². The zero-order valence-corrected chi connectivity index (χ0v) is 13.9. The predicted octanol–water partition coefficient (Wildman–Crippen LogP) is 3.19. The van der Waals surface area contributed by atoms with Gasteiger partial charge in [0.05, 0.1) is 0 Å². The molecule has 0 spiro atoms. The summed E-state index contributed by atoms with van der Waals surface area (Å²) in [6.07, 6.45) is -0.294. The maximum atomic E-state index is 11.9. The van der Waals surface area contributed by atoms with Crippen LogP contribution in [0.5, 0.6) is 0 Å². The Morgan fingerprint density at radius 2 is 1.71 bits per heavy atom. The Hall–Kier alpha value is -2.66. The van der Waals surface area contributed by atoms with Gasteiger partial charge in [-0.2, -0.15) is 0 Å². The maximum Gasteiger partial charge on any atom is 0.233 e. The molecule has 0 heterocycles. The van der Waals surface area contributed by atoms with Crippen LogP contribution in [0.25, 0.3) is 0 Å². The summed E-state index contributed by atoms with van der Waals surface area (Å²) in [7, 11) is 0. The van der Waals surface area contributed by atoms with Gasteiger partial charge in [-0.25, -0.2) is 0 Å². The summed E-state index contributed by atoms with van der Waals surface area (Å²) < 4.78 is 0. The van der Waals surface area contributed by atoms with Gasteiger partial charge >= 0.3 is 0 Å². The van der Waals surface area contributed by atoms with Crippen molar-refractivity contribution in [3.63, 3.8) is 0 Å². The second-order valence-electron chi connectivity index (χ2n) is 5.27. The van der Waals surface area contributed by atoms with Crippen LogP contribution in [0.4, 0.5) is 5.69 Å². The summed E-state index contributed by atoms with van der Waals surface area (Å²) in [4.78, 5) is 35.0. The van der Waals surface area contributed by atoms with Crippen LogP contribution in [0.1, 0.15) is 29.3 Å². The minimum atomic E-state index is -0.440. The molecule has 124 valence electrons. The van der Waals surface area contributed by atoms with E-state index < -0.39 is 5.91 Å². The lowest BCUT2D eigenvalue weighted by molar-refractivity contribution is -0.126. The molecule has 0 saturated heterocycles. The van der Waals surface area contributed by atoms with Crippen molar-refractivity contribution >= 4 is 34.9 Å². The van der Waals surface area contributed by atoms with Crippen molar-refractivity contribution in [1.82, 2.24) is 5.32 Å². The molecule has 24 heavy (non-hydrogen) atoms. The lowest BCUT2D eigenvalue weighted by Crippen LogP contribution is -2.27. The fourth-order valence-electron chi connectivity index (χ4n) is 2.03. The number of halogens is 1. The van der Waals surface area contributed by atoms with Gasteiger partial charge in [0.1, 0.15) is 6.42 Å². The zero-order valence-electron chi connectivity index (χ0n) is 13.1. The lowest BCUT2D eigenvalue weighted by atomic mass is 10.1. The summed E-state index contributed by atoms with van der Waals surface area (Å²) in [6, 6.07) is 13.6. The van der Waals surface area contributed by atoms with Gasteiger partial charge in [0.25, 0.3) is 0 Å². The highest BCUT2D eigenvalue weighted by Gasteiger charge is 2.10. The van der Waals surface area contributed by atoms with Crippen LogP contribution in [0.15, 0.2) is 48.5 Å². The normalized spacial score (nSPS) is 10.1. The van der Waals surface area contributed by atoms with E-state index in [2.05, 4.69) is 10.6 Å². The summed E-state index contributed by atoms with van der Waals surface area (Å²) in [6.45, 7) is 1.77. The highest BCUT2D eigenvalue weighted by atomic mass is 35.5. The molecule has 2 N–H and O–H groups in total. The molecular formula is C18H17ClN2O3. The van der Waals surface area contributed by atoms with Crippen LogP contribution >= 0.6 is 11.6 Å². The van der Waals surface area contributed by atoms with Gasteiger partial charge in [0, 0.05) is 22.8 Å². The topological polar surface area (TPSA) is 75.3 Å². The number of ketones is 1. The molecule has 2 rings (SSSR count). The monoisotopic (exact) mass is 344 g/mol. The third-order valence-electron chi connectivity index (χ3n) is 3.28. The van der Waals surface area contributed by atoms with Crippen molar-refractivity contribution in [1.29, 1.82) is 0 Å². The molecule has 2 aromatic carbocycles. The van der Waals surface area contributed by atoms with Crippen LogP contribution in [0, 0.1) is 0 Å². The quantitative estimate of drug-likeness (QED) is 0.624. The smallest absolute Gasteiger partial charge is 0.233 e. The molecule has 0 bridgehead atoms. The Morgan fingerprint density at radius 1 is 1.00 bits per heavy atom. The number of Topliss-reactive ketones (excluding diaryl/α,β-unsaturated/α-hetero) is 1. The fraction of sp³-hybridized carbons (Fsp3) is 0.167. The van der Waals surface area contributed by atoms with Crippen molar-refractivity contribution in [3.8, 4) is 0 Å². The molecule has 0 atom stereocenters.